The van der Waals surface area contributed by atoms with Gasteiger partial charge in [-0.05, 0) is 30.5 Å². The van der Waals surface area contributed by atoms with E-state index in [-0.39, 0.29) is 23.8 Å². The maximum Gasteiger partial charge on any atom is 0.418 e. The summed E-state index contributed by atoms with van der Waals surface area (Å²) in [6.07, 6.45) is -2.38. The summed E-state index contributed by atoms with van der Waals surface area (Å²) >= 11 is 5.64. The van der Waals surface area contributed by atoms with Crippen molar-refractivity contribution in [2.24, 2.45) is 0 Å². The van der Waals surface area contributed by atoms with E-state index in [0.29, 0.717) is 18.7 Å². The van der Waals surface area contributed by atoms with Crippen molar-refractivity contribution in [1.82, 2.24) is 0 Å². The van der Waals surface area contributed by atoms with E-state index in [0.717, 1.165) is 18.9 Å². The van der Waals surface area contributed by atoms with E-state index in [2.05, 4.69) is 0 Å². The maximum absolute atomic E-state index is 13.2. The molecular formula is C14H15ClF3NO. The molecule has 110 valence electrons. The Morgan fingerprint density at radius 1 is 1.20 bits per heavy atom. The SMILES string of the molecule is FC(F)(F)c1cc(CCl)ccc1N1CC2CCC(C1)O2. The van der Waals surface area contributed by atoms with Crippen LogP contribution in [0.4, 0.5) is 18.9 Å². The summed E-state index contributed by atoms with van der Waals surface area (Å²) in [5, 5.41) is 0. The van der Waals surface area contributed by atoms with E-state index in [1.165, 1.54) is 6.07 Å². The molecule has 3 rings (SSSR count). The van der Waals surface area contributed by atoms with Crippen LogP contribution in [0.15, 0.2) is 18.2 Å². The number of hydrogen-bond acceptors (Lipinski definition) is 2. The molecule has 0 aromatic heterocycles. The number of ether oxygens (including phenoxy) is 1. The first-order valence-corrected chi connectivity index (χ1v) is 7.17. The van der Waals surface area contributed by atoms with Crippen LogP contribution in [0.3, 0.4) is 0 Å². The molecule has 0 radical (unpaired) electrons. The number of benzene rings is 1. The summed E-state index contributed by atoms with van der Waals surface area (Å²) in [6, 6.07) is 4.35. The van der Waals surface area contributed by atoms with Crippen molar-refractivity contribution in [2.75, 3.05) is 18.0 Å². The van der Waals surface area contributed by atoms with Crippen molar-refractivity contribution in [2.45, 2.75) is 37.1 Å². The second-order valence-corrected chi connectivity index (χ2v) is 5.61. The molecule has 0 saturated carbocycles. The van der Waals surface area contributed by atoms with Gasteiger partial charge in [0.25, 0.3) is 0 Å². The number of rotatable bonds is 2. The molecule has 0 amide bonds. The summed E-state index contributed by atoms with van der Waals surface area (Å²) in [4.78, 5) is 1.80. The first-order valence-electron chi connectivity index (χ1n) is 6.64. The number of nitrogens with zero attached hydrogens (tertiary/aromatic N) is 1. The number of hydrogen-bond donors (Lipinski definition) is 0. The summed E-state index contributed by atoms with van der Waals surface area (Å²) in [5.74, 6) is 0.0811. The molecule has 2 atom stereocenters. The van der Waals surface area contributed by atoms with Crippen LogP contribution in [0.1, 0.15) is 24.0 Å². The monoisotopic (exact) mass is 305 g/mol. The number of anilines is 1. The van der Waals surface area contributed by atoms with Crippen LogP contribution in [0, 0.1) is 0 Å². The van der Waals surface area contributed by atoms with Crippen molar-refractivity contribution in [3.05, 3.63) is 29.3 Å². The average Bonchev–Trinajstić information content (AvgIpc) is 2.76. The molecule has 2 unspecified atom stereocenters. The third kappa shape index (κ3) is 2.61. The molecular weight excluding hydrogens is 291 g/mol. The lowest BCUT2D eigenvalue weighted by Gasteiger charge is -2.35. The Morgan fingerprint density at radius 3 is 2.40 bits per heavy atom. The number of halogens is 4. The van der Waals surface area contributed by atoms with Gasteiger partial charge >= 0.3 is 6.18 Å². The second-order valence-electron chi connectivity index (χ2n) is 5.35. The zero-order valence-electron chi connectivity index (χ0n) is 10.8. The minimum absolute atomic E-state index is 0.0579. The van der Waals surface area contributed by atoms with Crippen LogP contribution in [0.25, 0.3) is 0 Å². The van der Waals surface area contributed by atoms with Crippen LogP contribution in [0.5, 0.6) is 0 Å². The first kappa shape index (κ1) is 14.0. The quantitative estimate of drug-likeness (QED) is 0.770. The highest BCUT2D eigenvalue weighted by Crippen LogP contribution is 2.39. The third-order valence-corrected chi connectivity index (χ3v) is 4.21. The smallest absolute Gasteiger partial charge is 0.371 e. The van der Waals surface area contributed by atoms with E-state index in [1.54, 1.807) is 11.0 Å². The molecule has 2 heterocycles. The fraction of sp³-hybridized carbons (Fsp3) is 0.571. The Bertz CT molecular complexity index is 494. The van der Waals surface area contributed by atoms with Crippen LogP contribution >= 0.6 is 11.6 Å². The van der Waals surface area contributed by atoms with Gasteiger partial charge in [0, 0.05) is 24.7 Å². The molecule has 2 bridgehead atoms. The highest BCUT2D eigenvalue weighted by molar-refractivity contribution is 6.17. The molecule has 2 aliphatic rings. The predicted molar refractivity (Wildman–Crippen MR) is 71.1 cm³/mol. The van der Waals surface area contributed by atoms with Crippen LogP contribution in [-0.4, -0.2) is 25.3 Å². The Kier molecular flexibility index (Phi) is 3.58. The molecule has 2 aliphatic heterocycles. The zero-order chi connectivity index (χ0) is 14.3. The van der Waals surface area contributed by atoms with Crippen LogP contribution in [-0.2, 0) is 16.8 Å². The normalized spacial score (nSPS) is 26.1. The molecule has 2 fully saturated rings. The van der Waals surface area contributed by atoms with Gasteiger partial charge in [0.1, 0.15) is 0 Å². The molecule has 0 spiro atoms. The minimum Gasteiger partial charge on any atom is -0.371 e. The van der Waals surface area contributed by atoms with Gasteiger partial charge in [-0.15, -0.1) is 11.6 Å². The van der Waals surface area contributed by atoms with Crippen molar-refractivity contribution in [1.29, 1.82) is 0 Å². The van der Waals surface area contributed by atoms with Crippen LogP contribution in [0.2, 0.25) is 0 Å². The molecule has 6 heteroatoms. The lowest BCUT2D eigenvalue weighted by Crippen LogP contribution is -2.43. The van der Waals surface area contributed by atoms with Gasteiger partial charge in [0.2, 0.25) is 0 Å². The van der Waals surface area contributed by atoms with E-state index < -0.39 is 11.7 Å². The van der Waals surface area contributed by atoms with Crippen LogP contribution < -0.4 is 4.90 Å². The van der Waals surface area contributed by atoms with E-state index in [4.69, 9.17) is 16.3 Å². The Balaban J connectivity index is 1.96. The Morgan fingerprint density at radius 2 is 1.85 bits per heavy atom. The second kappa shape index (κ2) is 5.11. The first-order chi connectivity index (χ1) is 9.47. The van der Waals surface area contributed by atoms with Crippen molar-refractivity contribution >= 4 is 17.3 Å². The van der Waals surface area contributed by atoms with Crippen molar-refractivity contribution in [3.63, 3.8) is 0 Å². The van der Waals surface area contributed by atoms with Crippen molar-refractivity contribution in [3.8, 4) is 0 Å². The lowest BCUT2D eigenvalue weighted by atomic mass is 10.1. The molecule has 0 N–H and O–H groups in total. The molecule has 20 heavy (non-hydrogen) atoms. The minimum atomic E-state index is -4.37. The lowest BCUT2D eigenvalue weighted by molar-refractivity contribution is -0.137. The van der Waals surface area contributed by atoms with Gasteiger partial charge in [-0.25, -0.2) is 0 Å². The zero-order valence-corrected chi connectivity index (χ0v) is 11.5. The number of alkyl halides is 4. The standard InChI is InChI=1S/C14H15ClF3NO/c15-6-9-1-4-13(12(5-9)14(16,17)18)19-7-10-2-3-11(8-19)20-10/h1,4-5,10-11H,2-3,6-8H2. The summed E-state index contributed by atoms with van der Waals surface area (Å²) < 4.78 is 45.4. The molecule has 2 nitrogen and oxygen atoms in total. The molecule has 1 aromatic carbocycles. The third-order valence-electron chi connectivity index (χ3n) is 3.90. The van der Waals surface area contributed by atoms with Crippen molar-refractivity contribution < 1.29 is 17.9 Å². The van der Waals surface area contributed by atoms with Gasteiger partial charge in [0.15, 0.2) is 0 Å². The predicted octanol–water partition coefficient (Wildman–Crippen LogP) is 3.81. The summed E-state index contributed by atoms with van der Waals surface area (Å²) in [5.41, 5.74) is 0.127. The molecule has 2 saturated heterocycles. The Labute approximate surface area is 120 Å². The van der Waals surface area contributed by atoms with Gasteiger partial charge in [-0.1, -0.05) is 6.07 Å². The largest absolute Gasteiger partial charge is 0.418 e. The van der Waals surface area contributed by atoms with Gasteiger partial charge < -0.3 is 9.64 Å². The summed E-state index contributed by atoms with van der Waals surface area (Å²) in [6.45, 7) is 1.06. The van der Waals surface area contributed by atoms with E-state index >= 15 is 0 Å². The number of fused-ring (bicyclic) bond motifs is 2. The maximum atomic E-state index is 13.2. The fourth-order valence-corrected chi connectivity index (χ4v) is 3.15. The van der Waals surface area contributed by atoms with Gasteiger partial charge in [-0.2, -0.15) is 13.2 Å². The Hall–Kier alpha value is -0.940. The topological polar surface area (TPSA) is 12.5 Å². The van der Waals surface area contributed by atoms with Gasteiger partial charge in [-0.3, -0.25) is 0 Å². The summed E-state index contributed by atoms with van der Waals surface area (Å²) in [7, 11) is 0. The highest BCUT2D eigenvalue weighted by Gasteiger charge is 2.39. The van der Waals surface area contributed by atoms with E-state index in [9.17, 15) is 13.2 Å². The average molecular weight is 306 g/mol. The molecule has 0 aliphatic carbocycles. The number of morpholine rings is 1. The highest BCUT2D eigenvalue weighted by atomic mass is 35.5. The fourth-order valence-electron chi connectivity index (χ4n) is 2.98. The van der Waals surface area contributed by atoms with E-state index in [1.807, 2.05) is 0 Å². The van der Waals surface area contributed by atoms with Gasteiger partial charge in [0.05, 0.1) is 17.8 Å². The molecule has 1 aromatic rings.